The molecule has 0 aromatic heterocycles. The second-order valence-corrected chi connectivity index (χ2v) is 6.42. The number of fused-ring (bicyclic) bond motifs is 2. The SMILES string of the molecule is COC(C1CC2C=CC1C2)C([SiH3])(OC)OC. The van der Waals surface area contributed by atoms with Gasteiger partial charge in [-0.05, 0) is 30.6 Å². The Morgan fingerprint density at radius 2 is 1.88 bits per heavy atom. The molecule has 0 aromatic carbocycles. The third kappa shape index (κ3) is 1.88. The van der Waals surface area contributed by atoms with Gasteiger partial charge >= 0.3 is 0 Å². The maximum atomic E-state index is 5.68. The van der Waals surface area contributed by atoms with E-state index < -0.39 is 5.41 Å². The summed E-state index contributed by atoms with van der Waals surface area (Å²) in [4.78, 5) is 0. The fraction of sp³-hybridized carbons (Fsp3) is 0.833. The maximum Gasteiger partial charge on any atom is 0.166 e. The van der Waals surface area contributed by atoms with Crippen LogP contribution in [-0.4, -0.2) is 43.1 Å². The number of methoxy groups -OCH3 is 3. The zero-order valence-corrected chi connectivity index (χ0v) is 12.6. The lowest BCUT2D eigenvalue weighted by Crippen LogP contribution is -2.52. The molecule has 1 fully saturated rings. The van der Waals surface area contributed by atoms with Crippen molar-refractivity contribution < 1.29 is 14.2 Å². The summed E-state index contributed by atoms with van der Waals surface area (Å²) in [7, 11) is 6.01. The smallest absolute Gasteiger partial charge is 0.166 e. The summed E-state index contributed by atoms with van der Waals surface area (Å²) in [5.41, 5.74) is -0.502. The molecule has 0 aromatic rings. The van der Waals surface area contributed by atoms with Crippen molar-refractivity contribution in [3.8, 4) is 0 Å². The first-order chi connectivity index (χ1) is 7.64. The molecule has 92 valence electrons. The Hall–Kier alpha value is -0.163. The molecule has 0 heterocycles. The molecule has 3 nitrogen and oxygen atoms in total. The van der Waals surface area contributed by atoms with E-state index in [1.54, 1.807) is 21.3 Å². The van der Waals surface area contributed by atoms with E-state index in [0.29, 0.717) is 11.8 Å². The van der Waals surface area contributed by atoms with Crippen LogP contribution in [0.25, 0.3) is 0 Å². The molecule has 4 heteroatoms. The Kier molecular flexibility index (Phi) is 3.54. The normalized spacial score (nSPS) is 34.8. The van der Waals surface area contributed by atoms with Gasteiger partial charge in [-0.2, -0.15) is 0 Å². The van der Waals surface area contributed by atoms with Gasteiger partial charge in [0, 0.05) is 21.3 Å². The Bertz CT molecular complexity index is 275. The van der Waals surface area contributed by atoms with Crippen LogP contribution in [0.5, 0.6) is 0 Å². The molecule has 4 unspecified atom stereocenters. The van der Waals surface area contributed by atoms with Gasteiger partial charge in [0.1, 0.15) is 6.10 Å². The molecule has 2 rings (SSSR count). The lowest BCUT2D eigenvalue weighted by atomic mass is 9.87. The van der Waals surface area contributed by atoms with E-state index in [4.69, 9.17) is 14.2 Å². The molecule has 0 amide bonds. The van der Waals surface area contributed by atoms with Gasteiger partial charge in [-0.1, -0.05) is 12.2 Å². The summed E-state index contributed by atoms with van der Waals surface area (Å²) in [5, 5.41) is 0. The zero-order valence-electron chi connectivity index (χ0n) is 10.6. The molecule has 0 saturated heterocycles. The van der Waals surface area contributed by atoms with Crippen LogP contribution in [0.3, 0.4) is 0 Å². The highest BCUT2D eigenvalue weighted by Gasteiger charge is 2.47. The van der Waals surface area contributed by atoms with Crippen LogP contribution < -0.4 is 0 Å². The Balaban J connectivity index is 2.14. The molecule has 1 saturated carbocycles. The average Bonchev–Trinajstić information content (AvgIpc) is 2.91. The van der Waals surface area contributed by atoms with Crippen molar-refractivity contribution in [3.05, 3.63) is 12.2 Å². The molecule has 0 radical (unpaired) electrons. The van der Waals surface area contributed by atoms with Gasteiger partial charge in [-0.15, -0.1) is 0 Å². The number of allylic oxidation sites excluding steroid dienone is 2. The molecule has 2 bridgehead atoms. The van der Waals surface area contributed by atoms with Crippen LogP contribution in [0.15, 0.2) is 12.2 Å². The van der Waals surface area contributed by atoms with Gasteiger partial charge in [0.15, 0.2) is 5.41 Å². The van der Waals surface area contributed by atoms with E-state index in [1.165, 1.54) is 12.8 Å². The zero-order chi connectivity index (χ0) is 11.8. The van der Waals surface area contributed by atoms with Crippen molar-refractivity contribution in [1.82, 2.24) is 0 Å². The number of rotatable bonds is 5. The highest BCUT2D eigenvalue weighted by atomic mass is 28.1. The molecule has 16 heavy (non-hydrogen) atoms. The highest BCUT2D eigenvalue weighted by Crippen LogP contribution is 2.47. The number of hydrogen-bond donors (Lipinski definition) is 0. The van der Waals surface area contributed by atoms with Crippen LogP contribution in [0.2, 0.25) is 0 Å². The summed E-state index contributed by atoms with van der Waals surface area (Å²) in [6.45, 7) is 0. The van der Waals surface area contributed by atoms with Crippen molar-refractivity contribution in [2.24, 2.45) is 17.8 Å². The van der Waals surface area contributed by atoms with Crippen molar-refractivity contribution in [3.63, 3.8) is 0 Å². The first-order valence-corrected chi connectivity index (χ1v) is 6.96. The van der Waals surface area contributed by atoms with E-state index in [9.17, 15) is 0 Å². The van der Waals surface area contributed by atoms with E-state index in [-0.39, 0.29) is 6.10 Å². The van der Waals surface area contributed by atoms with Crippen LogP contribution >= 0.6 is 0 Å². The third-order valence-corrected chi connectivity index (χ3v) is 5.69. The minimum Gasteiger partial charge on any atom is -0.376 e. The molecule has 2 aliphatic rings. The van der Waals surface area contributed by atoms with Crippen LogP contribution in [0, 0.1) is 17.8 Å². The first kappa shape index (κ1) is 12.3. The third-order valence-electron chi connectivity index (χ3n) is 4.30. The minimum atomic E-state index is -0.502. The number of ether oxygens (including phenoxy) is 3. The molecule has 0 aliphatic heterocycles. The van der Waals surface area contributed by atoms with Gasteiger partial charge in [0.2, 0.25) is 0 Å². The van der Waals surface area contributed by atoms with E-state index in [1.807, 2.05) is 0 Å². The predicted octanol–water partition coefficient (Wildman–Crippen LogP) is 0.526. The lowest BCUT2D eigenvalue weighted by molar-refractivity contribution is -0.223. The first-order valence-electron chi connectivity index (χ1n) is 5.96. The lowest BCUT2D eigenvalue weighted by Gasteiger charge is -2.39. The van der Waals surface area contributed by atoms with Crippen molar-refractivity contribution in [2.45, 2.75) is 24.4 Å². The minimum absolute atomic E-state index is 0.0640. The van der Waals surface area contributed by atoms with Crippen LogP contribution in [-0.2, 0) is 14.2 Å². The van der Waals surface area contributed by atoms with Gasteiger partial charge in [0.05, 0.1) is 10.2 Å². The van der Waals surface area contributed by atoms with E-state index >= 15 is 0 Å². The van der Waals surface area contributed by atoms with Gasteiger partial charge in [0.25, 0.3) is 0 Å². The summed E-state index contributed by atoms with van der Waals surface area (Å²) >= 11 is 0. The maximum absolute atomic E-state index is 5.68. The van der Waals surface area contributed by atoms with Crippen LogP contribution in [0.4, 0.5) is 0 Å². The quantitative estimate of drug-likeness (QED) is 0.400. The average molecular weight is 242 g/mol. The van der Waals surface area contributed by atoms with E-state index in [2.05, 4.69) is 12.2 Å². The summed E-state index contributed by atoms with van der Waals surface area (Å²) < 4.78 is 16.8. The molecule has 0 spiro atoms. The molecular formula is C12H22O3Si. The molecule has 4 atom stereocenters. The molecular weight excluding hydrogens is 220 g/mol. The van der Waals surface area contributed by atoms with E-state index in [0.717, 1.165) is 16.2 Å². The fourth-order valence-corrected chi connectivity index (χ4v) is 3.93. The summed E-state index contributed by atoms with van der Waals surface area (Å²) in [6, 6.07) is 0. The molecule has 2 aliphatic carbocycles. The Morgan fingerprint density at radius 3 is 2.25 bits per heavy atom. The summed E-state index contributed by atoms with van der Waals surface area (Å²) in [6.07, 6.45) is 7.26. The standard InChI is InChI=1S/C12H22O3Si/c1-13-11(12(16,14-2)15-3)10-7-8-4-5-9(10)6-8/h4-5,8-11H,6-7H2,1-3,16H3. The van der Waals surface area contributed by atoms with Gasteiger partial charge in [-0.25, -0.2) is 0 Å². The fourth-order valence-electron chi connectivity index (χ4n) is 3.26. The monoisotopic (exact) mass is 242 g/mol. The number of hydrogen-bond acceptors (Lipinski definition) is 3. The largest absolute Gasteiger partial charge is 0.376 e. The second kappa shape index (κ2) is 4.60. The van der Waals surface area contributed by atoms with Crippen molar-refractivity contribution in [2.75, 3.05) is 21.3 Å². The summed E-state index contributed by atoms with van der Waals surface area (Å²) in [5.74, 6) is 1.97. The van der Waals surface area contributed by atoms with Crippen LogP contribution in [0.1, 0.15) is 12.8 Å². The Morgan fingerprint density at radius 1 is 1.19 bits per heavy atom. The second-order valence-electron chi connectivity index (χ2n) is 5.02. The molecule has 0 N–H and O–H groups in total. The van der Waals surface area contributed by atoms with Crippen molar-refractivity contribution >= 4 is 10.2 Å². The Labute approximate surface area is 101 Å². The topological polar surface area (TPSA) is 27.7 Å². The predicted molar refractivity (Wildman–Crippen MR) is 66.3 cm³/mol. The highest BCUT2D eigenvalue weighted by molar-refractivity contribution is 6.13. The van der Waals surface area contributed by atoms with Crippen molar-refractivity contribution in [1.29, 1.82) is 0 Å². The van der Waals surface area contributed by atoms with Gasteiger partial charge < -0.3 is 14.2 Å². The van der Waals surface area contributed by atoms with Gasteiger partial charge in [-0.3, -0.25) is 0 Å².